The highest BCUT2D eigenvalue weighted by Gasteiger charge is 2.16. The summed E-state index contributed by atoms with van der Waals surface area (Å²) in [5, 5.41) is 10.4. The van der Waals surface area contributed by atoms with Gasteiger partial charge in [0.25, 0.3) is 10.0 Å². The van der Waals surface area contributed by atoms with Crippen molar-refractivity contribution in [2.75, 3.05) is 4.72 Å². The van der Waals surface area contributed by atoms with Crippen molar-refractivity contribution in [1.82, 2.24) is 0 Å². The van der Waals surface area contributed by atoms with Crippen LogP contribution in [0.1, 0.15) is 4.88 Å². The molecule has 2 rings (SSSR count). The molecule has 0 aliphatic rings. The molecule has 0 aliphatic heterocycles. The van der Waals surface area contributed by atoms with Crippen LogP contribution >= 0.6 is 27.3 Å². The van der Waals surface area contributed by atoms with Gasteiger partial charge in [0, 0.05) is 20.4 Å². The van der Waals surface area contributed by atoms with Gasteiger partial charge in [0.05, 0.1) is 11.5 Å². The summed E-state index contributed by atoms with van der Waals surface area (Å²) < 4.78 is 27.4. The normalized spacial score (nSPS) is 11.4. The summed E-state index contributed by atoms with van der Waals surface area (Å²) in [5.74, 6) is 0. The molecular formula is C11H10BrNO3S2. The van der Waals surface area contributed by atoms with Crippen molar-refractivity contribution in [1.29, 1.82) is 0 Å². The van der Waals surface area contributed by atoms with E-state index in [4.69, 9.17) is 5.11 Å². The van der Waals surface area contributed by atoms with E-state index in [0.29, 0.717) is 10.6 Å². The van der Waals surface area contributed by atoms with Crippen molar-refractivity contribution in [2.45, 2.75) is 11.5 Å². The monoisotopic (exact) mass is 347 g/mol. The van der Waals surface area contributed by atoms with Crippen molar-refractivity contribution in [3.8, 4) is 0 Å². The minimum absolute atomic E-state index is 0.156. The van der Waals surface area contributed by atoms with Crippen LogP contribution in [0.25, 0.3) is 0 Å². The van der Waals surface area contributed by atoms with Crippen LogP contribution in [0.4, 0.5) is 5.69 Å². The molecule has 7 heteroatoms. The molecule has 2 N–H and O–H groups in total. The van der Waals surface area contributed by atoms with Crippen LogP contribution in [0.3, 0.4) is 0 Å². The Bertz CT molecular complexity index is 652. The number of aliphatic hydroxyl groups is 1. The minimum Gasteiger partial charge on any atom is -0.391 e. The molecule has 0 saturated carbocycles. The highest BCUT2D eigenvalue weighted by atomic mass is 79.9. The molecule has 0 bridgehead atoms. The van der Waals surface area contributed by atoms with Gasteiger partial charge in [-0.15, -0.1) is 11.3 Å². The third-order valence-electron chi connectivity index (χ3n) is 2.17. The summed E-state index contributed by atoms with van der Waals surface area (Å²) in [6, 6.07) is 8.37. The average molecular weight is 348 g/mol. The fourth-order valence-electron chi connectivity index (χ4n) is 1.35. The molecule has 4 nitrogen and oxygen atoms in total. The highest BCUT2D eigenvalue weighted by molar-refractivity contribution is 9.10. The Kier molecular flexibility index (Phi) is 4.06. The lowest BCUT2D eigenvalue weighted by Gasteiger charge is -2.06. The van der Waals surface area contributed by atoms with Crippen molar-refractivity contribution in [3.63, 3.8) is 0 Å². The Balaban J connectivity index is 2.27. The van der Waals surface area contributed by atoms with E-state index in [1.54, 1.807) is 18.2 Å². The number of nitrogens with one attached hydrogen (secondary N) is 1. The summed E-state index contributed by atoms with van der Waals surface area (Å²) in [4.78, 5) is 0.779. The fourth-order valence-corrected chi connectivity index (χ4v) is 3.93. The molecule has 0 amide bonds. The highest BCUT2D eigenvalue weighted by Crippen LogP contribution is 2.23. The van der Waals surface area contributed by atoms with Gasteiger partial charge >= 0.3 is 0 Å². The number of hydrogen-bond acceptors (Lipinski definition) is 4. The van der Waals surface area contributed by atoms with Crippen LogP contribution in [0.5, 0.6) is 0 Å². The maximum absolute atomic E-state index is 12.0. The number of anilines is 1. The van der Waals surface area contributed by atoms with Crippen molar-refractivity contribution in [2.24, 2.45) is 0 Å². The van der Waals surface area contributed by atoms with Crippen LogP contribution in [0, 0.1) is 0 Å². The van der Waals surface area contributed by atoms with Gasteiger partial charge in [0.2, 0.25) is 0 Å². The lowest BCUT2D eigenvalue weighted by atomic mass is 10.3. The number of hydrogen-bond donors (Lipinski definition) is 2. The van der Waals surface area contributed by atoms with Crippen molar-refractivity contribution < 1.29 is 13.5 Å². The standard InChI is InChI=1S/C11H10BrNO3S2/c12-8-2-1-3-9(4-8)13-18(15,16)11-5-10(6-14)17-7-11/h1-5,7,13-14H,6H2. The molecule has 0 spiro atoms. The molecule has 2 aromatic rings. The molecule has 1 aromatic heterocycles. The number of sulfonamides is 1. The van der Waals surface area contributed by atoms with Crippen molar-refractivity contribution >= 4 is 43.0 Å². The molecule has 18 heavy (non-hydrogen) atoms. The molecule has 0 radical (unpaired) electrons. The second-order valence-corrected chi connectivity index (χ2v) is 7.12. The average Bonchev–Trinajstić information content (AvgIpc) is 2.77. The van der Waals surface area contributed by atoms with E-state index >= 15 is 0 Å². The van der Waals surface area contributed by atoms with E-state index in [9.17, 15) is 8.42 Å². The molecule has 0 atom stereocenters. The van der Waals surface area contributed by atoms with Crippen LogP contribution in [-0.4, -0.2) is 13.5 Å². The van der Waals surface area contributed by atoms with Crippen LogP contribution in [-0.2, 0) is 16.6 Å². The molecule has 0 fully saturated rings. The Hall–Kier alpha value is -0.890. The first-order valence-electron chi connectivity index (χ1n) is 4.98. The van der Waals surface area contributed by atoms with E-state index in [1.165, 1.54) is 22.8 Å². The molecule has 96 valence electrons. The summed E-state index contributed by atoms with van der Waals surface area (Å²) in [7, 11) is -3.59. The largest absolute Gasteiger partial charge is 0.391 e. The maximum Gasteiger partial charge on any atom is 0.262 e. The topological polar surface area (TPSA) is 66.4 Å². The van der Waals surface area contributed by atoms with E-state index in [0.717, 1.165) is 4.47 Å². The van der Waals surface area contributed by atoms with Crippen LogP contribution in [0.2, 0.25) is 0 Å². The number of thiophene rings is 1. The first-order valence-corrected chi connectivity index (χ1v) is 8.13. The Morgan fingerprint density at radius 3 is 2.72 bits per heavy atom. The van der Waals surface area contributed by atoms with Gasteiger partial charge in [0.1, 0.15) is 0 Å². The Morgan fingerprint density at radius 2 is 2.11 bits per heavy atom. The summed E-state index contributed by atoms with van der Waals surface area (Å²) in [6.45, 7) is -0.156. The number of benzene rings is 1. The molecule has 0 aliphatic carbocycles. The third kappa shape index (κ3) is 3.11. The summed E-state index contributed by atoms with van der Waals surface area (Å²) in [5.41, 5.74) is 0.487. The molecule has 1 aromatic carbocycles. The predicted molar refractivity (Wildman–Crippen MR) is 75.2 cm³/mol. The van der Waals surface area contributed by atoms with E-state index in [-0.39, 0.29) is 11.5 Å². The molecular weight excluding hydrogens is 338 g/mol. The van der Waals surface area contributed by atoms with Crippen LogP contribution < -0.4 is 4.72 Å². The molecule has 0 unspecified atom stereocenters. The smallest absolute Gasteiger partial charge is 0.262 e. The lowest BCUT2D eigenvalue weighted by Crippen LogP contribution is -2.11. The number of halogens is 1. The van der Waals surface area contributed by atoms with Gasteiger partial charge in [-0.1, -0.05) is 22.0 Å². The fraction of sp³-hybridized carbons (Fsp3) is 0.0909. The second-order valence-electron chi connectivity index (χ2n) is 3.52. The lowest BCUT2D eigenvalue weighted by molar-refractivity contribution is 0.285. The van der Waals surface area contributed by atoms with E-state index in [1.807, 2.05) is 6.07 Å². The van der Waals surface area contributed by atoms with Gasteiger partial charge in [-0.2, -0.15) is 0 Å². The number of aliphatic hydroxyl groups excluding tert-OH is 1. The van der Waals surface area contributed by atoms with Gasteiger partial charge in [-0.3, -0.25) is 4.72 Å². The van der Waals surface area contributed by atoms with Gasteiger partial charge < -0.3 is 5.11 Å². The SMILES string of the molecule is O=S(=O)(Nc1cccc(Br)c1)c1csc(CO)c1. The van der Waals surface area contributed by atoms with Gasteiger partial charge in [0.15, 0.2) is 0 Å². The zero-order chi connectivity index (χ0) is 13.2. The number of rotatable bonds is 4. The molecule has 1 heterocycles. The second kappa shape index (κ2) is 5.40. The maximum atomic E-state index is 12.0. The van der Waals surface area contributed by atoms with Gasteiger partial charge in [-0.05, 0) is 24.3 Å². The first kappa shape index (κ1) is 13.5. The summed E-state index contributed by atoms with van der Waals surface area (Å²) >= 11 is 4.49. The van der Waals surface area contributed by atoms with Crippen molar-refractivity contribution in [3.05, 3.63) is 45.1 Å². The zero-order valence-electron chi connectivity index (χ0n) is 9.13. The Labute approximate surface area is 117 Å². The van der Waals surface area contributed by atoms with E-state index < -0.39 is 10.0 Å². The first-order chi connectivity index (χ1) is 8.51. The minimum atomic E-state index is -3.59. The quantitative estimate of drug-likeness (QED) is 0.893. The zero-order valence-corrected chi connectivity index (χ0v) is 12.3. The third-order valence-corrected chi connectivity index (χ3v) is 5.10. The van der Waals surface area contributed by atoms with Crippen LogP contribution in [0.15, 0.2) is 45.1 Å². The molecule has 0 saturated heterocycles. The van der Waals surface area contributed by atoms with E-state index in [2.05, 4.69) is 20.7 Å². The Morgan fingerprint density at radius 1 is 1.33 bits per heavy atom. The van der Waals surface area contributed by atoms with Gasteiger partial charge in [-0.25, -0.2) is 8.42 Å². The summed E-state index contributed by atoms with van der Waals surface area (Å²) in [6.07, 6.45) is 0. The predicted octanol–water partition coefficient (Wildman–Crippen LogP) is 2.80.